The second-order valence-corrected chi connectivity index (χ2v) is 5.94. The van der Waals surface area contributed by atoms with Gasteiger partial charge in [0.2, 0.25) is 5.91 Å². The molecule has 1 unspecified atom stereocenters. The van der Waals surface area contributed by atoms with Gasteiger partial charge in [0.1, 0.15) is 0 Å². The van der Waals surface area contributed by atoms with Crippen molar-refractivity contribution in [3.05, 3.63) is 0 Å². The lowest BCUT2D eigenvalue weighted by Crippen LogP contribution is -2.36. The SMILES string of the molecule is CCCC1(CNC(=O)CC2CCCNC2)CC1. The summed E-state index contributed by atoms with van der Waals surface area (Å²) in [7, 11) is 0. The van der Waals surface area contributed by atoms with Crippen LogP contribution in [0.1, 0.15) is 51.9 Å². The molecule has 1 aliphatic carbocycles. The summed E-state index contributed by atoms with van der Waals surface area (Å²) in [5.74, 6) is 0.825. The van der Waals surface area contributed by atoms with E-state index in [4.69, 9.17) is 0 Å². The number of hydrogen-bond acceptors (Lipinski definition) is 2. The number of piperidine rings is 1. The first kappa shape index (κ1) is 12.9. The lowest BCUT2D eigenvalue weighted by molar-refractivity contribution is -0.122. The van der Waals surface area contributed by atoms with Crippen molar-refractivity contribution >= 4 is 5.91 Å². The third-order valence-corrected chi connectivity index (χ3v) is 4.27. The summed E-state index contributed by atoms with van der Waals surface area (Å²) in [6.07, 6.45) is 8.28. The molecule has 0 spiro atoms. The van der Waals surface area contributed by atoms with Crippen LogP contribution < -0.4 is 10.6 Å². The highest BCUT2D eigenvalue weighted by molar-refractivity contribution is 5.76. The quantitative estimate of drug-likeness (QED) is 0.744. The number of carbonyl (C=O) groups excluding carboxylic acids is 1. The number of hydrogen-bond donors (Lipinski definition) is 2. The Hall–Kier alpha value is -0.570. The molecule has 0 aromatic heterocycles. The molecular formula is C14H26N2O. The monoisotopic (exact) mass is 238 g/mol. The lowest BCUT2D eigenvalue weighted by Gasteiger charge is -2.22. The molecule has 98 valence electrons. The molecule has 1 heterocycles. The van der Waals surface area contributed by atoms with Gasteiger partial charge in [0, 0.05) is 13.0 Å². The molecule has 1 atom stereocenters. The van der Waals surface area contributed by atoms with Crippen LogP contribution in [0.2, 0.25) is 0 Å². The first-order valence-corrected chi connectivity index (χ1v) is 7.21. The smallest absolute Gasteiger partial charge is 0.220 e. The highest BCUT2D eigenvalue weighted by Gasteiger charge is 2.41. The summed E-state index contributed by atoms with van der Waals surface area (Å²) in [5.41, 5.74) is 0.481. The third-order valence-electron chi connectivity index (χ3n) is 4.27. The van der Waals surface area contributed by atoms with Crippen molar-refractivity contribution in [3.63, 3.8) is 0 Å². The fourth-order valence-corrected chi connectivity index (χ4v) is 2.94. The molecule has 0 aromatic rings. The van der Waals surface area contributed by atoms with Gasteiger partial charge in [-0.05, 0) is 56.5 Å². The molecule has 2 aliphatic rings. The number of nitrogens with one attached hydrogen (secondary N) is 2. The zero-order valence-corrected chi connectivity index (χ0v) is 11.1. The van der Waals surface area contributed by atoms with Crippen molar-refractivity contribution in [1.29, 1.82) is 0 Å². The molecule has 1 saturated heterocycles. The maximum atomic E-state index is 11.9. The third kappa shape index (κ3) is 3.98. The minimum absolute atomic E-state index is 0.265. The summed E-state index contributed by atoms with van der Waals surface area (Å²) in [5, 5.41) is 6.52. The largest absolute Gasteiger partial charge is 0.356 e. The Morgan fingerprint density at radius 1 is 1.47 bits per heavy atom. The Kier molecular flexibility index (Phi) is 4.43. The van der Waals surface area contributed by atoms with E-state index < -0.39 is 0 Å². The van der Waals surface area contributed by atoms with Gasteiger partial charge in [0.25, 0.3) is 0 Å². The summed E-state index contributed by atoms with van der Waals surface area (Å²) in [4.78, 5) is 11.9. The minimum Gasteiger partial charge on any atom is -0.356 e. The maximum absolute atomic E-state index is 11.9. The van der Waals surface area contributed by atoms with Crippen LogP contribution in [0.4, 0.5) is 0 Å². The van der Waals surface area contributed by atoms with Crippen LogP contribution in [-0.2, 0) is 4.79 Å². The van der Waals surface area contributed by atoms with E-state index in [1.54, 1.807) is 0 Å². The topological polar surface area (TPSA) is 41.1 Å². The van der Waals surface area contributed by atoms with Crippen molar-refractivity contribution in [2.24, 2.45) is 11.3 Å². The Morgan fingerprint density at radius 2 is 2.29 bits per heavy atom. The van der Waals surface area contributed by atoms with E-state index in [9.17, 15) is 4.79 Å². The van der Waals surface area contributed by atoms with Crippen molar-refractivity contribution in [2.75, 3.05) is 19.6 Å². The van der Waals surface area contributed by atoms with Crippen molar-refractivity contribution in [1.82, 2.24) is 10.6 Å². The van der Waals surface area contributed by atoms with Crippen molar-refractivity contribution < 1.29 is 4.79 Å². The maximum Gasteiger partial charge on any atom is 0.220 e. The van der Waals surface area contributed by atoms with Crippen LogP contribution in [0.25, 0.3) is 0 Å². The van der Waals surface area contributed by atoms with Gasteiger partial charge in [-0.25, -0.2) is 0 Å². The van der Waals surface area contributed by atoms with Gasteiger partial charge in [-0.1, -0.05) is 13.3 Å². The molecule has 2 fully saturated rings. The van der Waals surface area contributed by atoms with E-state index in [0.717, 1.165) is 26.1 Å². The summed E-state index contributed by atoms with van der Waals surface area (Å²) in [6.45, 7) is 5.29. The zero-order valence-electron chi connectivity index (χ0n) is 11.1. The molecule has 3 heteroatoms. The number of carbonyl (C=O) groups is 1. The Bertz CT molecular complexity index is 255. The van der Waals surface area contributed by atoms with Crippen LogP contribution in [-0.4, -0.2) is 25.5 Å². The van der Waals surface area contributed by atoms with Gasteiger partial charge in [-0.15, -0.1) is 0 Å². The molecule has 2 rings (SSSR count). The van der Waals surface area contributed by atoms with E-state index >= 15 is 0 Å². The average Bonchev–Trinajstić information content (AvgIpc) is 3.09. The van der Waals surface area contributed by atoms with E-state index in [0.29, 0.717) is 11.3 Å². The second kappa shape index (κ2) is 5.85. The normalized spacial score (nSPS) is 26.5. The molecule has 0 aromatic carbocycles. The van der Waals surface area contributed by atoms with Crippen LogP contribution in [0.15, 0.2) is 0 Å². The molecule has 3 nitrogen and oxygen atoms in total. The van der Waals surface area contributed by atoms with Gasteiger partial charge in [0.15, 0.2) is 0 Å². The zero-order chi connectivity index (χ0) is 12.1. The van der Waals surface area contributed by atoms with E-state index in [1.165, 1.54) is 38.5 Å². The Labute approximate surface area is 105 Å². The highest BCUT2D eigenvalue weighted by Crippen LogP contribution is 2.48. The predicted molar refractivity (Wildman–Crippen MR) is 69.8 cm³/mol. The standard InChI is InChI=1S/C14H26N2O/c1-2-5-14(6-7-14)11-16-13(17)9-12-4-3-8-15-10-12/h12,15H,2-11H2,1H3,(H,16,17). The first-order chi connectivity index (χ1) is 8.24. The number of rotatable bonds is 6. The fourth-order valence-electron chi connectivity index (χ4n) is 2.94. The van der Waals surface area contributed by atoms with Crippen LogP contribution in [0.3, 0.4) is 0 Å². The summed E-state index contributed by atoms with van der Waals surface area (Å²) >= 11 is 0. The molecule has 1 amide bonds. The molecule has 0 radical (unpaired) electrons. The van der Waals surface area contributed by atoms with Crippen LogP contribution in [0, 0.1) is 11.3 Å². The predicted octanol–water partition coefficient (Wildman–Crippen LogP) is 2.07. The second-order valence-electron chi connectivity index (χ2n) is 5.94. The van der Waals surface area contributed by atoms with Gasteiger partial charge in [-0.3, -0.25) is 4.79 Å². The molecule has 2 N–H and O–H groups in total. The van der Waals surface area contributed by atoms with E-state index in [1.807, 2.05) is 0 Å². The van der Waals surface area contributed by atoms with Gasteiger partial charge in [0.05, 0.1) is 0 Å². The van der Waals surface area contributed by atoms with Gasteiger partial charge < -0.3 is 10.6 Å². The molecule has 0 bridgehead atoms. The van der Waals surface area contributed by atoms with E-state index in [2.05, 4.69) is 17.6 Å². The lowest BCUT2D eigenvalue weighted by atomic mass is 9.95. The number of amides is 1. The summed E-state index contributed by atoms with van der Waals surface area (Å²) < 4.78 is 0. The van der Waals surface area contributed by atoms with Gasteiger partial charge >= 0.3 is 0 Å². The summed E-state index contributed by atoms with van der Waals surface area (Å²) in [6, 6.07) is 0. The first-order valence-electron chi connectivity index (χ1n) is 7.21. The Morgan fingerprint density at radius 3 is 2.88 bits per heavy atom. The van der Waals surface area contributed by atoms with Crippen molar-refractivity contribution in [3.8, 4) is 0 Å². The fraction of sp³-hybridized carbons (Fsp3) is 0.929. The van der Waals surface area contributed by atoms with Crippen LogP contribution in [0.5, 0.6) is 0 Å². The molecular weight excluding hydrogens is 212 g/mol. The van der Waals surface area contributed by atoms with Gasteiger partial charge in [-0.2, -0.15) is 0 Å². The molecule has 1 aliphatic heterocycles. The average molecular weight is 238 g/mol. The highest BCUT2D eigenvalue weighted by atomic mass is 16.1. The van der Waals surface area contributed by atoms with E-state index in [-0.39, 0.29) is 5.91 Å². The van der Waals surface area contributed by atoms with Crippen LogP contribution >= 0.6 is 0 Å². The Balaban J connectivity index is 1.63. The molecule has 17 heavy (non-hydrogen) atoms. The van der Waals surface area contributed by atoms with Crippen molar-refractivity contribution in [2.45, 2.75) is 51.9 Å². The molecule has 1 saturated carbocycles. The minimum atomic E-state index is 0.265.